The molecule has 9 heteroatoms. The smallest absolute Gasteiger partial charge is 0.169 e. The summed E-state index contributed by atoms with van der Waals surface area (Å²) in [6.07, 6.45) is 0. The van der Waals surface area contributed by atoms with Crippen LogP contribution >= 0.6 is 70.6 Å². The van der Waals surface area contributed by atoms with Crippen LogP contribution in [0.25, 0.3) is 0 Å². The van der Waals surface area contributed by atoms with Crippen LogP contribution in [0, 0.1) is 0 Å². The fraction of sp³-hybridized carbons (Fsp3) is 0. The molecule has 5 aromatic rings. The summed E-state index contributed by atoms with van der Waals surface area (Å²) in [5.41, 5.74) is 1.84. The van der Waals surface area contributed by atoms with Gasteiger partial charge < -0.3 is 0 Å². The van der Waals surface area contributed by atoms with Crippen molar-refractivity contribution in [3.05, 3.63) is 160 Å². The molecule has 204 valence electrons. The van der Waals surface area contributed by atoms with E-state index in [1.54, 1.807) is 23.9 Å². The van der Waals surface area contributed by atoms with Crippen molar-refractivity contribution in [3.8, 4) is 0 Å². The first kappa shape index (κ1) is 29.6. The molecule has 0 spiro atoms. The van der Waals surface area contributed by atoms with Gasteiger partial charge in [0.05, 0.1) is 0 Å². The lowest BCUT2D eigenvalue weighted by Gasteiger charge is -2.24. The minimum atomic E-state index is 0.586. The van der Waals surface area contributed by atoms with Crippen LogP contribution in [0.5, 0.6) is 0 Å². The first-order valence-electron chi connectivity index (χ1n) is 12.4. The van der Waals surface area contributed by atoms with Crippen LogP contribution in [0.3, 0.4) is 0 Å². The van der Waals surface area contributed by atoms with E-state index in [9.17, 15) is 0 Å². The second-order valence-electron chi connectivity index (χ2n) is 8.48. The molecular formula is C32H22Cl3N3S3. The fourth-order valence-corrected chi connectivity index (χ4v) is 6.51. The molecule has 0 saturated carbocycles. The Balaban J connectivity index is 1.62. The van der Waals surface area contributed by atoms with Gasteiger partial charge in [-0.3, -0.25) is 0 Å². The van der Waals surface area contributed by atoms with Crippen LogP contribution in [0.4, 0.5) is 0 Å². The summed E-state index contributed by atoms with van der Waals surface area (Å²) >= 11 is 22.9. The highest BCUT2D eigenvalue weighted by molar-refractivity contribution is 8.12. The molecular weight excluding hydrogens is 629 g/mol. The van der Waals surface area contributed by atoms with Gasteiger partial charge in [-0.15, -0.1) is 0 Å². The van der Waals surface area contributed by atoms with E-state index in [0.29, 0.717) is 20.9 Å². The molecule has 0 unspecified atom stereocenters. The van der Waals surface area contributed by atoms with Crippen LogP contribution < -0.4 is 0 Å². The second-order valence-corrected chi connectivity index (χ2v) is 12.9. The number of benzene rings is 5. The molecule has 0 aromatic heterocycles. The number of rotatable bonds is 8. The van der Waals surface area contributed by atoms with Crippen molar-refractivity contribution in [1.82, 2.24) is 3.71 Å². The van der Waals surface area contributed by atoms with Crippen LogP contribution in [-0.2, 0) is 0 Å². The van der Waals surface area contributed by atoms with Crippen molar-refractivity contribution >= 4 is 82.3 Å². The highest BCUT2D eigenvalue weighted by Crippen LogP contribution is 2.37. The van der Waals surface area contributed by atoms with Gasteiger partial charge in [0.2, 0.25) is 0 Å². The summed E-state index contributed by atoms with van der Waals surface area (Å²) in [7, 11) is 0. The van der Waals surface area contributed by atoms with E-state index in [1.807, 2.05) is 133 Å². The maximum atomic E-state index is 6.19. The Labute approximate surface area is 268 Å². The van der Waals surface area contributed by atoms with E-state index < -0.39 is 0 Å². The normalized spacial score (nSPS) is 11.9. The van der Waals surface area contributed by atoms with Crippen molar-refractivity contribution in [2.24, 2.45) is 9.39 Å². The molecule has 0 aliphatic heterocycles. The summed E-state index contributed by atoms with van der Waals surface area (Å²) in [5.74, 6) is 1.31. The number of nitrogens with zero attached hydrogens (tertiary/aromatic N) is 3. The maximum Gasteiger partial charge on any atom is 0.169 e. The Morgan fingerprint density at radius 1 is 0.488 bits per heavy atom. The van der Waals surface area contributed by atoms with Crippen molar-refractivity contribution in [2.75, 3.05) is 0 Å². The number of amidine groups is 2. The molecule has 3 nitrogen and oxygen atoms in total. The Kier molecular flexibility index (Phi) is 10.8. The zero-order chi connectivity index (χ0) is 28.4. The summed E-state index contributed by atoms with van der Waals surface area (Å²) < 4.78 is 6.99. The topological polar surface area (TPSA) is 28.0 Å². The highest BCUT2D eigenvalue weighted by Gasteiger charge is 2.20. The minimum absolute atomic E-state index is 0.586. The van der Waals surface area contributed by atoms with Gasteiger partial charge in [-0.05, 0) is 72.8 Å². The average Bonchev–Trinajstić information content (AvgIpc) is 3.01. The Morgan fingerprint density at radius 3 is 1.37 bits per heavy atom. The van der Waals surface area contributed by atoms with E-state index in [4.69, 9.17) is 44.2 Å². The highest BCUT2D eigenvalue weighted by atomic mass is 35.5. The number of hydrogen-bond acceptors (Lipinski definition) is 4. The molecule has 0 aliphatic rings. The molecule has 5 rings (SSSR count). The quantitative estimate of drug-likeness (QED) is 0.0949. The number of halogens is 3. The van der Waals surface area contributed by atoms with E-state index in [2.05, 4.69) is 3.71 Å². The van der Waals surface area contributed by atoms with Gasteiger partial charge in [0.1, 0.15) is 0 Å². The second kappa shape index (κ2) is 14.9. The molecule has 0 N–H and O–H groups in total. The predicted octanol–water partition coefficient (Wildman–Crippen LogP) is 11.3. The minimum Gasteiger partial charge on any atom is -0.231 e. The molecule has 5 aromatic carbocycles. The van der Waals surface area contributed by atoms with E-state index in [-0.39, 0.29) is 0 Å². The first-order valence-corrected chi connectivity index (χ1v) is 15.9. The van der Waals surface area contributed by atoms with Gasteiger partial charge in [0.15, 0.2) is 11.7 Å². The molecule has 0 heterocycles. The van der Waals surface area contributed by atoms with Gasteiger partial charge in [-0.2, -0.15) is 4.40 Å². The Morgan fingerprint density at radius 2 is 0.902 bits per heavy atom. The lowest BCUT2D eigenvalue weighted by Crippen LogP contribution is -2.21. The van der Waals surface area contributed by atoms with E-state index in [0.717, 1.165) is 31.6 Å². The van der Waals surface area contributed by atoms with E-state index >= 15 is 0 Å². The molecule has 0 radical (unpaired) electrons. The molecule has 0 bridgehead atoms. The lowest BCUT2D eigenvalue weighted by molar-refractivity contribution is 1.11. The van der Waals surface area contributed by atoms with Gasteiger partial charge in [0.25, 0.3) is 0 Å². The zero-order valence-corrected chi connectivity index (χ0v) is 26.1. The summed E-state index contributed by atoms with van der Waals surface area (Å²) in [5, 5.41) is 2.04. The Bertz CT molecular complexity index is 1570. The number of aliphatic imine (C=N–C) groups is 1. The third-order valence-corrected chi connectivity index (χ3v) is 9.10. The third-order valence-electron chi connectivity index (χ3n) is 5.50. The van der Waals surface area contributed by atoms with Gasteiger partial charge >= 0.3 is 0 Å². The van der Waals surface area contributed by atoms with Crippen molar-refractivity contribution in [3.63, 3.8) is 0 Å². The monoisotopic (exact) mass is 649 g/mol. The van der Waals surface area contributed by atoms with Crippen LogP contribution in [-0.4, -0.2) is 15.4 Å². The number of hydrogen-bond donors (Lipinski definition) is 0. The fourth-order valence-electron chi connectivity index (χ4n) is 3.50. The molecule has 0 aliphatic carbocycles. The zero-order valence-electron chi connectivity index (χ0n) is 21.4. The van der Waals surface area contributed by atoms with Crippen LogP contribution in [0.2, 0.25) is 15.1 Å². The largest absolute Gasteiger partial charge is 0.231 e. The maximum absolute atomic E-state index is 6.19. The lowest BCUT2D eigenvalue weighted by atomic mass is 10.2. The summed E-state index contributed by atoms with van der Waals surface area (Å²) in [4.78, 5) is 8.20. The molecule has 0 saturated heterocycles. The first-order chi connectivity index (χ1) is 20.0. The Hall–Kier alpha value is -2.84. The molecule has 41 heavy (non-hydrogen) atoms. The van der Waals surface area contributed by atoms with Crippen molar-refractivity contribution in [2.45, 2.75) is 14.7 Å². The van der Waals surface area contributed by atoms with Crippen molar-refractivity contribution < 1.29 is 0 Å². The van der Waals surface area contributed by atoms with Crippen LogP contribution in [0.1, 0.15) is 11.1 Å². The standard InChI is InChI=1S/C32H22Cl3N3S3/c33-25-11-17-28(18-12-25)39-37-31(23-7-3-1-4-8-23)36-32(24-9-5-2-6-10-24)38(40-29-19-13-26(34)14-20-29)41-30-21-15-27(35)16-22-30/h1-22H/b36-32?,37-31+. The van der Waals surface area contributed by atoms with Gasteiger partial charge in [0, 0.05) is 76.7 Å². The third kappa shape index (κ3) is 8.82. The predicted molar refractivity (Wildman–Crippen MR) is 180 cm³/mol. The van der Waals surface area contributed by atoms with Crippen molar-refractivity contribution in [1.29, 1.82) is 0 Å². The molecule has 0 atom stereocenters. The SMILES string of the molecule is Clc1ccc(S/N=C(/N=C(c2ccccc2)N(Sc2ccc(Cl)cc2)Sc2ccc(Cl)cc2)c2ccccc2)cc1. The van der Waals surface area contributed by atoms with Gasteiger partial charge in [-0.1, -0.05) is 95.5 Å². The summed E-state index contributed by atoms with van der Waals surface area (Å²) in [6.45, 7) is 0. The summed E-state index contributed by atoms with van der Waals surface area (Å²) in [6, 6.07) is 43.2. The molecule has 0 fully saturated rings. The van der Waals surface area contributed by atoms with Crippen LogP contribution in [0.15, 0.2) is 158 Å². The van der Waals surface area contributed by atoms with E-state index in [1.165, 1.54) is 11.9 Å². The average molecular weight is 651 g/mol. The molecule has 0 amide bonds. The van der Waals surface area contributed by atoms with Gasteiger partial charge in [-0.25, -0.2) is 8.70 Å².